The van der Waals surface area contributed by atoms with E-state index >= 15 is 0 Å². The minimum absolute atomic E-state index is 0.757. The van der Waals surface area contributed by atoms with E-state index in [2.05, 4.69) is 181 Å². The lowest BCUT2D eigenvalue weighted by Gasteiger charge is -2.34. The zero-order valence-electron chi connectivity index (χ0n) is 28.4. The van der Waals surface area contributed by atoms with E-state index in [1.807, 2.05) is 11.8 Å². The van der Waals surface area contributed by atoms with Gasteiger partial charge in [-0.15, -0.1) is 0 Å². The van der Waals surface area contributed by atoms with Crippen molar-refractivity contribution in [3.63, 3.8) is 0 Å². The molecule has 1 aliphatic rings. The summed E-state index contributed by atoms with van der Waals surface area (Å²) in [5.41, 5.74) is 8.11. The van der Waals surface area contributed by atoms with E-state index in [4.69, 9.17) is 9.36 Å². The predicted octanol–water partition coefficient (Wildman–Crippen LogP) is 14.1. The summed E-state index contributed by atoms with van der Waals surface area (Å²) >= 11 is 3.29. The van der Waals surface area contributed by atoms with Gasteiger partial charge in [-0.3, -0.25) is 0 Å². The number of hydrogen-bond donors (Lipinski definition) is 0. The zero-order valence-corrected chi connectivity index (χ0v) is 30.0. The molecule has 0 N–H and O–H groups in total. The summed E-state index contributed by atoms with van der Waals surface area (Å²) in [6.07, 6.45) is 0. The fourth-order valence-electron chi connectivity index (χ4n) is 8.07. The van der Waals surface area contributed by atoms with Crippen molar-refractivity contribution >= 4 is 83.4 Å². The molecular formula is C48H29N3S2. The molecule has 5 heteroatoms. The normalized spacial score (nSPS) is 12.4. The Hall–Kier alpha value is -6.27. The Morgan fingerprint density at radius 3 is 1.81 bits per heavy atom. The lowest BCUT2D eigenvalue weighted by atomic mass is 9.87. The molecule has 0 amide bonds. The van der Waals surface area contributed by atoms with Gasteiger partial charge in [0.25, 0.3) is 0 Å². The van der Waals surface area contributed by atoms with E-state index in [0.29, 0.717) is 0 Å². The average Bonchev–Trinajstić information content (AvgIpc) is 3.71. The minimum atomic E-state index is 0.757. The van der Waals surface area contributed by atoms with Crippen molar-refractivity contribution in [2.75, 3.05) is 4.90 Å². The second-order valence-corrected chi connectivity index (χ2v) is 15.2. The number of benzene rings is 9. The Balaban J connectivity index is 1.10. The van der Waals surface area contributed by atoms with Crippen LogP contribution in [0.1, 0.15) is 0 Å². The highest BCUT2D eigenvalue weighted by Gasteiger charge is 2.29. The Bertz CT molecular complexity index is 3010. The van der Waals surface area contributed by atoms with Crippen molar-refractivity contribution in [3.05, 3.63) is 176 Å². The monoisotopic (exact) mass is 711 g/mol. The Morgan fingerprint density at radius 1 is 0.434 bits per heavy atom. The molecule has 248 valence electrons. The third-order valence-corrected chi connectivity index (χ3v) is 12.4. The third kappa shape index (κ3) is 4.82. The number of para-hydroxylation sites is 1. The molecule has 0 radical (unpaired) electrons. The number of nitrogens with zero attached hydrogens (tertiary/aromatic N) is 3. The summed E-state index contributed by atoms with van der Waals surface area (Å²) in [6, 6.07) is 63.3. The molecule has 0 saturated carbocycles. The van der Waals surface area contributed by atoms with Crippen molar-refractivity contribution in [2.45, 2.75) is 9.79 Å². The first-order valence-electron chi connectivity index (χ1n) is 17.7. The van der Waals surface area contributed by atoms with Gasteiger partial charge in [0, 0.05) is 26.3 Å². The Labute approximate surface area is 315 Å². The molecular weight excluding hydrogens is 683 g/mol. The number of anilines is 3. The maximum absolute atomic E-state index is 5.38. The van der Waals surface area contributed by atoms with Crippen LogP contribution in [0, 0.1) is 0 Å². The Morgan fingerprint density at radius 2 is 1.02 bits per heavy atom. The molecule has 1 aliphatic heterocycles. The zero-order chi connectivity index (χ0) is 34.9. The second-order valence-electron chi connectivity index (χ2n) is 13.4. The first-order chi connectivity index (χ1) is 26.3. The summed E-state index contributed by atoms with van der Waals surface area (Å²) in [5.74, 6) is 0.757. The van der Waals surface area contributed by atoms with E-state index in [-0.39, 0.29) is 0 Å². The SMILES string of the molecule is c1ccc2c(c1)Sc1c(-c3nc(-c4c5ccccc5c(-c5ccc6ccccc6c5)c5ccccc45)ns3)cccc1N2c1cccc2ccccc12. The molecule has 0 atom stereocenters. The molecule has 0 fully saturated rings. The van der Waals surface area contributed by atoms with Gasteiger partial charge in [0.1, 0.15) is 5.01 Å². The maximum Gasteiger partial charge on any atom is 0.174 e. The van der Waals surface area contributed by atoms with E-state index in [1.54, 1.807) is 0 Å². The van der Waals surface area contributed by atoms with Crippen LogP contribution < -0.4 is 4.90 Å². The van der Waals surface area contributed by atoms with Gasteiger partial charge in [-0.2, -0.15) is 4.37 Å². The standard InChI is InChI=1S/C48H29N3S2/c1-2-15-32-29-33(28-27-30(32)13-1)44-35-18-5-7-20-37(35)45(38-21-8-6-19-36(38)44)47-49-48(53-50-47)39-22-12-25-42-46(39)52-43-26-10-9-23-41(43)51(42)40-24-11-16-31-14-3-4-17-34(31)40/h1-29H. The quantitative estimate of drug-likeness (QED) is 0.170. The molecule has 10 aromatic rings. The van der Waals surface area contributed by atoms with Gasteiger partial charge in [-0.1, -0.05) is 157 Å². The number of hydrogen-bond acceptors (Lipinski definition) is 5. The van der Waals surface area contributed by atoms with Gasteiger partial charge >= 0.3 is 0 Å². The molecule has 0 spiro atoms. The molecule has 0 saturated heterocycles. The van der Waals surface area contributed by atoms with Crippen molar-refractivity contribution < 1.29 is 0 Å². The van der Waals surface area contributed by atoms with Crippen molar-refractivity contribution in [2.24, 2.45) is 0 Å². The van der Waals surface area contributed by atoms with Gasteiger partial charge < -0.3 is 4.90 Å². The van der Waals surface area contributed by atoms with E-state index in [0.717, 1.165) is 44.1 Å². The van der Waals surface area contributed by atoms with Crippen molar-refractivity contribution in [3.8, 4) is 33.1 Å². The molecule has 1 aromatic heterocycles. The minimum Gasteiger partial charge on any atom is -0.308 e. The predicted molar refractivity (Wildman–Crippen MR) is 225 cm³/mol. The first kappa shape index (κ1) is 30.4. The molecule has 53 heavy (non-hydrogen) atoms. The largest absolute Gasteiger partial charge is 0.308 e. The summed E-state index contributed by atoms with van der Waals surface area (Å²) < 4.78 is 5.13. The van der Waals surface area contributed by atoms with Gasteiger partial charge in [0.05, 0.1) is 17.1 Å². The summed E-state index contributed by atoms with van der Waals surface area (Å²) in [6.45, 7) is 0. The topological polar surface area (TPSA) is 29.0 Å². The van der Waals surface area contributed by atoms with E-state index in [1.165, 1.54) is 70.5 Å². The summed E-state index contributed by atoms with van der Waals surface area (Å²) in [7, 11) is 0. The maximum atomic E-state index is 5.38. The number of fused-ring (bicyclic) bond motifs is 6. The molecule has 0 unspecified atom stereocenters. The van der Waals surface area contributed by atoms with Crippen LogP contribution in [0.15, 0.2) is 186 Å². The highest BCUT2D eigenvalue weighted by atomic mass is 32.2. The van der Waals surface area contributed by atoms with E-state index in [9.17, 15) is 0 Å². The molecule has 2 heterocycles. The summed E-state index contributed by atoms with van der Waals surface area (Å²) in [4.78, 5) is 10.2. The molecule has 3 nitrogen and oxygen atoms in total. The van der Waals surface area contributed by atoms with Gasteiger partial charge in [-0.25, -0.2) is 4.98 Å². The average molecular weight is 712 g/mol. The Kier molecular flexibility index (Phi) is 6.97. The van der Waals surface area contributed by atoms with Crippen LogP contribution >= 0.6 is 23.3 Å². The van der Waals surface area contributed by atoms with Crippen LogP contribution in [-0.4, -0.2) is 9.36 Å². The van der Waals surface area contributed by atoms with Crippen LogP contribution in [0.25, 0.3) is 76.2 Å². The highest BCUT2D eigenvalue weighted by molar-refractivity contribution is 8.00. The van der Waals surface area contributed by atoms with Crippen LogP contribution in [0.4, 0.5) is 17.1 Å². The number of aromatic nitrogens is 2. The van der Waals surface area contributed by atoms with Crippen molar-refractivity contribution in [1.29, 1.82) is 0 Å². The first-order valence-corrected chi connectivity index (χ1v) is 19.3. The lowest BCUT2D eigenvalue weighted by Crippen LogP contribution is -2.15. The smallest absolute Gasteiger partial charge is 0.174 e. The highest BCUT2D eigenvalue weighted by Crippen LogP contribution is 2.55. The van der Waals surface area contributed by atoms with Gasteiger partial charge in [0.15, 0.2) is 5.82 Å². The third-order valence-electron chi connectivity index (χ3n) is 10.4. The second kappa shape index (κ2) is 12.2. The van der Waals surface area contributed by atoms with Crippen molar-refractivity contribution in [1.82, 2.24) is 9.36 Å². The van der Waals surface area contributed by atoms with Crippen LogP contribution in [0.3, 0.4) is 0 Å². The van der Waals surface area contributed by atoms with Crippen LogP contribution in [0.5, 0.6) is 0 Å². The molecule has 11 rings (SSSR count). The number of rotatable bonds is 4. The summed E-state index contributed by atoms with van der Waals surface area (Å²) in [5, 5.41) is 10.5. The molecule has 0 bridgehead atoms. The van der Waals surface area contributed by atoms with Gasteiger partial charge in [-0.05, 0) is 90.7 Å². The fraction of sp³-hybridized carbons (Fsp3) is 0. The fourth-order valence-corrected chi connectivity index (χ4v) is 10.0. The molecule has 9 aromatic carbocycles. The van der Waals surface area contributed by atoms with Crippen LogP contribution in [-0.2, 0) is 0 Å². The van der Waals surface area contributed by atoms with E-state index < -0.39 is 0 Å². The van der Waals surface area contributed by atoms with Gasteiger partial charge in [0.2, 0.25) is 0 Å². The van der Waals surface area contributed by atoms with Crippen LogP contribution in [0.2, 0.25) is 0 Å². The molecule has 0 aliphatic carbocycles. The lowest BCUT2D eigenvalue weighted by molar-refractivity contribution is 1.17.